The van der Waals surface area contributed by atoms with Crippen LogP contribution in [0, 0.1) is 12.7 Å². The van der Waals surface area contributed by atoms with E-state index in [1.54, 1.807) is 48.5 Å². The number of aryl methyl sites for hydroxylation is 1. The summed E-state index contributed by atoms with van der Waals surface area (Å²) in [6, 6.07) is 19.6. The van der Waals surface area contributed by atoms with E-state index < -0.39 is 11.8 Å². The van der Waals surface area contributed by atoms with Gasteiger partial charge >= 0.3 is 5.97 Å². The maximum absolute atomic E-state index is 13.8. The lowest BCUT2D eigenvalue weighted by molar-refractivity contribution is 0.0729. The van der Waals surface area contributed by atoms with Crippen molar-refractivity contribution in [2.24, 2.45) is 0 Å². The fourth-order valence-electron chi connectivity index (χ4n) is 2.47. The molecule has 3 nitrogen and oxygen atoms in total. The van der Waals surface area contributed by atoms with Gasteiger partial charge in [0.15, 0.2) is 5.78 Å². The van der Waals surface area contributed by atoms with Gasteiger partial charge in [-0.3, -0.25) is 4.79 Å². The molecule has 0 N–H and O–H groups in total. The highest BCUT2D eigenvalue weighted by Gasteiger charge is 2.14. The van der Waals surface area contributed by atoms with Crippen molar-refractivity contribution in [3.63, 3.8) is 0 Å². The zero-order valence-corrected chi connectivity index (χ0v) is 14.7. The summed E-state index contributed by atoms with van der Waals surface area (Å²) in [6.07, 6.45) is 2.99. The highest BCUT2D eigenvalue weighted by Crippen LogP contribution is 2.22. The number of hydrogen-bond donors (Lipinski definition) is 0. The van der Waals surface area contributed by atoms with Gasteiger partial charge in [0, 0.05) is 11.1 Å². The van der Waals surface area contributed by atoms with E-state index >= 15 is 0 Å². The molecular formula is C23H17FO3. The van der Waals surface area contributed by atoms with Crippen LogP contribution in [0.2, 0.25) is 0 Å². The molecule has 3 aromatic rings. The minimum Gasteiger partial charge on any atom is -0.422 e. The molecule has 0 atom stereocenters. The fourth-order valence-corrected chi connectivity index (χ4v) is 2.47. The third-order valence-corrected chi connectivity index (χ3v) is 3.97. The van der Waals surface area contributed by atoms with Gasteiger partial charge in [-0.1, -0.05) is 60.2 Å². The van der Waals surface area contributed by atoms with Crippen molar-refractivity contribution in [2.75, 3.05) is 0 Å². The Labute approximate surface area is 156 Å². The molecule has 0 saturated carbocycles. The number of hydrogen-bond acceptors (Lipinski definition) is 3. The zero-order chi connectivity index (χ0) is 19.2. The first-order valence-corrected chi connectivity index (χ1v) is 8.39. The highest BCUT2D eigenvalue weighted by atomic mass is 19.1. The predicted molar refractivity (Wildman–Crippen MR) is 102 cm³/mol. The lowest BCUT2D eigenvalue weighted by Gasteiger charge is -2.08. The molecule has 0 saturated heterocycles. The SMILES string of the molecule is Cc1ccc(C(=O)/C=C/c2ccccc2OC(=O)c2ccccc2F)cc1. The van der Waals surface area contributed by atoms with E-state index in [4.69, 9.17) is 4.74 Å². The van der Waals surface area contributed by atoms with Gasteiger partial charge in [0.2, 0.25) is 0 Å². The maximum Gasteiger partial charge on any atom is 0.346 e. The molecule has 27 heavy (non-hydrogen) atoms. The number of ketones is 1. The maximum atomic E-state index is 13.8. The molecule has 0 spiro atoms. The highest BCUT2D eigenvalue weighted by molar-refractivity contribution is 6.07. The van der Waals surface area contributed by atoms with E-state index in [1.165, 1.54) is 24.3 Å². The lowest BCUT2D eigenvalue weighted by atomic mass is 10.1. The van der Waals surface area contributed by atoms with Crippen LogP contribution in [0.15, 0.2) is 78.9 Å². The van der Waals surface area contributed by atoms with Crippen LogP contribution >= 0.6 is 0 Å². The first kappa shape index (κ1) is 18.3. The molecule has 4 heteroatoms. The first-order valence-electron chi connectivity index (χ1n) is 8.39. The Morgan fingerprint density at radius 3 is 2.30 bits per heavy atom. The van der Waals surface area contributed by atoms with Crippen molar-refractivity contribution in [3.05, 3.63) is 107 Å². The number of allylic oxidation sites excluding steroid dienone is 1. The van der Waals surface area contributed by atoms with Crippen LogP contribution < -0.4 is 4.74 Å². The van der Waals surface area contributed by atoms with Crippen LogP contribution in [-0.4, -0.2) is 11.8 Å². The molecule has 3 aromatic carbocycles. The van der Waals surface area contributed by atoms with Gasteiger partial charge in [-0.15, -0.1) is 0 Å². The Hall–Kier alpha value is -3.53. The second-order valence-corrected chi connectivity index (χ2v) is 5.97. The molecule has 0 aliphatic rings. The summed E-state index contributed by atoms with van der Waals surface area (Å²) in [5, 5.41) is 0. The fraction of sp³-hybridized carbons (Fsp3) is 0.0435. The average Bonchev–Trinajstić information content (AvgIpc) is 2.68. The van der Waals surface area contributed by atoms with E-state index in [9.17, 15) is 14.0 Å². The number of rotatable bonds is 5. The van der Waals surface area contributed by atoms with Gasteiger partial charge in [-0.05, 0) is 37.3 Å². The Kier molecular flexibility index (Phi) is 5.57. The van der Waals surface area contributed by atoms with Crippen LogP contribution in [-0.2, 0) is 0 Å². The largest absolute Gasteiger partial charge is 0.422 e. The molecule has 134 valence electrons. The van der Waals surface area contributed by atoms with Gasteiger partial charge in [0.1, 0.15) is 11.6 Å². The van der Waals surface area contributed by atoms with Crippen LogP contribution in [0.25, 0.3) is 6.08 Å². The number of ether oxygens (including phenoxy) is 1. The Morgan fingerprint density at radius 1 is 0.889 bits per heavy atom. The lowest BCUT2D eigenvalue weighted by Crippen LogP contribution is -2.11. The van der Waals surface area contributed by atoms with Gasteiger partial charge in [-0.25, -0.2) is 9.18 Å². The molecule has 3 rings (SSSR count). The second kappa shape index (κ2) is 8.23. The molecule has 0 radical (unpaired) electrons. The number of halogens is 1. The zero-order valence-electron chi connectivity index (χ0n) is 14.7. The summed E-state index contributed by atoms with van der Waals surface area (Å²) in [5.41, 5.74) is 2.04. The summed E-state index contributed by atoms with van der Waals surface area (Å²) in [4.78, 5) is 24.5. The monoisotopic (exact) mass is 360 g/mol. The quantitative estimate of drug-likeness (QED) is 0.270. The van der Waals surface area contributed by atoms with E-state index in [2.05, 4.69) is 0 Å². The minimum absolute atomic E-state index is 0.146. The van der Waals surface area contributed by atoms with E-state index in [-0.39, 0.29) is 17.1 Å². The normalized spacial score (nSPS) is 10.7. The second-order valence-electron chi connectivity index (χ2n) is 5.97. The van der Waals surface area contributed by atoms with Crippen molar-refractivity contribution >= 4 is 17.8 Å². The smallest absolute Gasteiger partial charge is 0.346 e. The van der Waals surface area contributed by atoms with E-state index in [0.29, 0.717) is 11.1 Å². The average molecular weight is 360 g/mol. The van der Waals surface area contributed by atoms with Crippen LogP contribution in [0.1, 0.15) is 31.8 Å². The van der Waals surface area contributed by atoms with Gasteiger partial charge in [0.25, 0.3) is 0 Å². The van der Waals surface area contributed by atoms with Crippen molar-refractivity contribution in [2.45, 2.75) is 6.92 Å². The van der Waals surface area contributed by atoms with Crippen molar-refractivity contribution in [1.29, 1.82) is 0 Å². The topological polar surface area (TPSA) is 43.4 Å². The molecule has 0 unspecified atom stereocenters. The van der Waals surface area contributed by atoms with E-state index in [0.717, 1.165) is 5.56 Å². The molecule has 0 bridgehead atoms. The van der Waals surface area contributed by atoms with Crippen LogP contribution in [0.4, 0.5) is 4.39 Å². The molecule has 0 fully saturated rings. The molecular weight excluding hydrogens is 343 g/mol. The molecule has 0 aliphatic carbocycles. The minimum atomic E-state index is -0.793. The Balaban J connectivity index is 1.80. The Morgan fingerprint density at radius 2 is 1.56 bits per heavy atom. The van der Waals surface area contributed by atoms with Crippen LogP contribution in [0.3, 0.4) is 0 Å². The van der Waals surface area contributed by atoms with E-state index in [1.807, 2.05) is 19.1 Å². The summed E-state index contributed by atoms with van der Waals surface area (Å²) < 4.78 is 19.1. The van der Waals surface area contributed by atoms with Gasteiger partial charge in [-0.2, -0.15) is 0 Å². The molecule has 0 aromatic heterocycles. The van der Waals surface area contributed by atoms with Crippen molar-refractivity contribution in [3.8, 4) is 5.75 Å². The predicted octanol–water partition coefficient (Wildman–Crippen LogP) is 5.25. The standard InChI is InChI=1S/C23H17FO3/c1-16-10-12-17(13-11-16)21(25)15-14-18-6-2-5-9-22(18)27-23(26)19-7-3-4-8-20(19)24/h2-15H,1H3/b15-14+. The third kappa shape index (κ3) is 4.55. The van der Waals surface area contributed by atoms with Gasteiger partial charge < -0.3 is 4.74 Å². The molecule has 0 heterocycles. The van der Waals surface area contributed by atoms with Crippen LogP contribution in [0.5, 0.6) is 5.75 Å². The number of carbonyl (C=O) groups is 2. The summed E-state index contributed by atoms with van der Waals surface area (Å²) >= 11 is 0. The summed E-state index contributed by atoms with van der Waals surface area (Å²) in [6.45, 7) is 1.95. The number of carbonyl (C=O) groups excluding carboxylic acids is 2. The van der Waals surface area contributed by atoms with Gasteiger partial charge in [0.05, 0.1) is 5.56 Å². The Bertz CT molecular complexity index is 1000. The molecule has 0 amide bonds. The van der Waals surface area contributed by atoms with Crippen molar-refractivity contribution in [1.82, 2.24) is 0 Å². The number of esters is 1. The molecule has 0 aliphatic heterocycles. The summed E-state index contributed by atoms with van der Waals surface area (Å²) in [7, 11) is 0. The number of para-hydroxylation sites is 1. The summed E-state index contributed by atoms with van der Waals surface area (Å²) in [5.74, 6) is -1.35. The first-order chi connectivity index (χ1) is 13.0. The number of benzene rings is 3. The van der Waals surface area contributed by atoms with Crippen molar-refractivity contribution < 1.29 is 18.7 Å². The third-order valence-electron chi connectivity index (χ3n) is 3.97.